The first-order chi connectivity index (χ1) is 11.3. The third kappa shape index (κ3) is 4.56. The topological polar surface area (TPSA) is 82.2 Å². The van der Waals surface area contributed by atoms with Crippen LogP contribution in [0, 0.1) is 0 Å². The molecule has 1 aliphatic rings. The van der Waals surface area contributed by atoms with Crippen LogP contribution in [0.25, 0.3) is 5.69 Å². The number of rotatable bonds is 6. The number of nitrogens with one attached hydrogen (secondary N) is 1. The van der Waals surface area contributed by atoms with Crippen LogP contribution in [0.3, 0.4) is 0 Å². The Kier molecular flexibility index (Phi) is 6.78. The first kappa shape index (κ1) is 18.4. The van der Waals surface area contributed by atoms with Gasteiger partial charge in [-0.05, 0) is 37.0 Å². The van der Waals surface area contributed by atoms with Crippen LogP contribution in [0.15, 0.2) is 42.7 Å². The molecule has 1 amide bonds. The Bertz CT molecular complexity index is 647. The zero-order chi connectivity index (χ0) is 16.1. The standard InChI is InChI=1S/C17H22N4O2.ClH/c18-10-15-6-7-16(23-15)17(22)19-9-8-13-11-20-21(12-13)14-4-2-1-3-5-14;/h1-5,11-12,15-16H,6-10,18H2,(H,19,22);1H/t15-,16+;/m1./s1. The summed E-state index contributed by atoms with van der Waals surface area (Å²) in [6, 6.07) is 9.94. The first-order valence-corrected chi connectivity index (χ1v) is 7.98. The van der Waals surface area contributed by atoms with Gasteiger partial charge in [0.1, 0.15) is 6.10 Å². The minimum absolute atomic E-state index is 0. The van der Waals surface area contributed by atoms with Gasteiger partial charge in [-0.2, -0.15) is 5.10 Å². The quantitative estimate of drug-likeness (QED) is 0.826. The lowest BCUT2D eigenvalue weighted by atomic mass is 10.2. The fourth-order valence-corrected chi connectivity index (χ4v) is 2.73. The number of halogens is 1. The molecular formula is C17H23ClN4O2. The predicted octanol–water partition coefficient (Wildman–Crippen LogP) is 1.46. The van der Waals surface area contributed by atoms with Gasteiger partial charge in [0.15, 0.2) is 0 Å². The van der Waals surface area contributed by atoms with Gasteiger partial charge in [-0.15, -0.1) is 12.4 Å². The third-order valence-electron chi connectivity index (χ3n) is 4.03. The van der Waals surface area contributed by atoms with Crippen molar-refractivity contribution in [2.45, 2.75) is 31.5 Å². The van der Waals surface area contributed by atoms with Gasteiger partial charge in [0.2, 0.25) is 5.91 Å². The van der Waals surface area contributed by atoms with Crippen molar-refractivity contribution >= 4 is 18.3 Å². The molecule has 1 fully saturated rings. The number of hydrogen-bond acceptors (Lipinski definition) is 4. The summed E-state index contributed by atoms with van der Waals surface area (Å²) in [4.78, 5) is 12.0. The highest BCUT2D eigenvalue weighted by atomic mass is 35.5. The minimum atomic E-state index is -0.351. The zero-order valence-electron chi connectivity index (χ0n) is 13.4. The maximum Gasteiger partial charge on any atom is 0.249 e. The Labute approximate surface area is 147 Å². The number of benzene rings is 1. The summed E-state index contributed by atoms with van der Waals surface area (Å²) in [7, 11) is 0. The van der Waals surface area contributed by atoms with Crippen LogP contribution in [0.2, 0.25) is 0 Å². The Morgan fingerprint density at radius 1 is 1.33 bits per heavy atom. The second-order valence-corrected chi connectivity index (χ2v) is 5.73. The summed E-state index contributed by atoms with van der Waals surface area (Å²) in [6.07, 6.45) is 5.84. The van der Waals surface area contributed by atoms with Gasteiger partial charge in [-0.3, -0.25) is 4.79 Å². The maximum absolute atomic E-state index is 12.0. The number of amides is 1. The molecule has 3 N–H and O–H groups in total. The molecule has 0 aliphatic carbocycles. The molecule has 0 unspecified atom stereocenters. The molecule has 1 aromatic heterocycles. The van der Waals surface area contributed by atoms with Crippen molar-refractivity contribution in [2.75, 3.05) is 13.1 Å². The SMILES string of the molecule is Cl.NC[C@H]1CC[C@@H](C(=O)NCCc2cnn(-c3ccccc3)c2)O1. The predicted molar refractivity (Wildman–Crippen MR) is 94.5 cm³/mol. The molecule has 2 atom stereocenters. The second kappa shape index (κ2) is 8.82. The monoisotopic (exact) mass is 350 g/mol. The highest BCUT2D eigenvalue weighted by molar-refractivity contribution is 5.85. The third-order valence-corrected chi connectivity index (χ3v) is 4.03. The van der Waals surface area contributed by atoms with Crippen molar-refractivity contribution in [1.29, 1.82) is 0 Å². The van der Waals surface area contributed by atoms with E-state index >= 15 is 0 Å². The number of carbonyl (C=O) groups is 1. The number of ether oxygens (including phenoxy) is 1. The van der Waals surface area contributed by atoms with Gasteiger partial charge < -0.3 is 15.8 Å². The van der Waals surface area contributed by atoms with Gasteiger partial charge in [0.05, 0.1) is 18.0 Å². The lowest BCUT2D eigenvalue weighted by Crippen LogP contribution is -2.36. The Balaban J connectivity index is 0.00000208. The van der Waals surface area contributed by atoms with Crippen LogP contribution in [-0.2, 0) is 16.0 Å². The Morgan fingerprint density at radius 3 is 2.83 bits per heavy atom. The molecule has 6 nitrogen and oxygen atoms in total. The van der Waals surface area contributed by atoms with Gasteiger partial charge in [0.25, 0.3) is 0 Å². The Morgan fingerprint density at radius 2 is 2.12 bits per heavy atom. The average Bonchev–Trinajstić information content (AvgIpc) is 3.25. The summed E-state index contributed by atoms with van der Waals surface area (Å²) in [5, 5.41) is 7.27. The number of carbonyl (C=O) groups excluding carboxylic acids is 1. The van der Waals surface area contributed by atoms with Crippen molar-refractivity contribution in [3.63, 3.8) is 0 Å². The fourth-order valence-electron chi connectivity index (χ4n) is 2.73. The largest absolute Gasteiger partial charge is 0.364 e. The smallest absolute Gasteiger partial charge is 0.249 e. The summed E-state index contributed by atoms with van der Waals surface area (Å²) in [6.45, 7) is 1.05. The molecular weight excluding hydrogens is 328 g/mol. The van der Waals surface area contributed by atoms with Gasteiger partial charge in [-0.25, -0.2) is 4.68 Å². The first-order valence-electron chi connectivity index (χ1n) is 7.98. The summed E-state index contributed by atoms with van der Waals surface area (Å²) in [5.41, 5.74) is 7.66. The van der Waals surface area contributed by atoms with E-state index in [0.29, 0.717) is 13.1 Å². The molecule has 2 heterocycles. The molecule has 0 saturated carbocycles. The van der Waals surface area contributed by atoms with E-state index in [1.165, 1.54) is 0 Å². The highest BCUT2D eigenvalue weighted by Crippen LogP contribution is 2.18. The van der Waals surface area contributed by atoms with Crippen LogP contribution < -0.4 is 11.1 Å². The average molecular weight is 351 g/mol. The van der Waals surface area contributed by atoms with Crippen molar-refractivity contribution < 1.29 is 9.53 Å². The second-order valence-electron chi connectivity index (χ2n) is 5.73. The highest BCUT2D eigenvalue weighted by Gasteiger charge is 2.29. The normalized spacial score (nSPS) is 19.7. The summed E-state index contributed by atoms with van der Waals surface area (Å²) in [5.74, 6) is -0.0450. The van der Waals surface area contributed by atoms with E-state index in [-0.39, 0.29) is 30.5 Å². The van der Waals surface area contributed by atoms with E-state index in [4.69, 9.17) is 10.5 Å². The maximum atomic E-state index is 12.0. The number of hydrogen-bond donors (Lipinski definition) is 2. The van der Waals surface area contributed by atoms with E-state index in [9.17, 15) is 4.79 Å². The van der Waals surface area contributed by atoms with Crippen molar-refractivity contribution in [2.24, 2.45) is 5.73 Å². The van der Waals surface area contributed by atoms with E-state index < -0.39 is 0 Å². The molecule has 24 heavy (non-hydrogen) atoms. The molecule has 0 bridgehead atoms. The fraction of sp³-hybridized carbons (Fsp3) is 0.412. The van der Waals surface area contributed by atoms with Crippen LogP contribution in [0.4, 0.5) is 0 Å². The van der Waals surface area contributed by atoms with Crippen LogP contribution >= 0.6 is 12.4 Å². The number of nitrogens with two attached hydrogens (primary N) is 1. The molecule has 7 heteroatoms. The molecule has 1 aromatic carbocycles. The van der Waals surface area contributed by atoms with Gasteiger partial charge >= 0.3 is 0 Å². The molecule has 0 radical (unpaired) electrons. The Hall–Kier alpha value is -1.89. The van der Waals surface area contributed by atoms with E-state index in [2.05, 4.69) is 10.4 Å². The minimum Gasteiger partial charge on any atom is -0.364 e. The molecule has 130 valence electrons. The molecule has 2 aromatic rings. The summed E-state index contributed by atoms with van der Waals surface area (Å²) < 4.78 is 7.42. The van der Waals surface area contributed by atoms with Gasteiger partial charge in [-0.1, -0.05) is 18.2 Å². The zero-order valence-corrected chi connectivity index (χ0v) is 14.2. The van der Waals surface area contributed by atoms with E-state index in [1.54, 1.807) is 0 Å². The van der Waals surface area contributed by atoms with Gasteiger partial charge in [0, 0.05) is 19.3 Å². The number of aromatic nitrogens is 2. The van der Waals surface area contributed by atoms with E-state index in [0.717, 1.165) is 30.5 Å². The number of para-hydroxylation sites is 1. The van der Waals surface area contributed by atoms with Crippen molar-refractivity contribution in [3.8, 4) is 5.69 Å². The van der Waals surface area contributed by atoms with Crippen molar-refractivity contribution in [1.82, 2.24) is 15.1 Å². The van der Waals surface area contributed by atoms with Crippen molar-refractivity contribution in [3.05, 3.63) is 48.3 Å². The van der Waals surface area contributed by atoms with Crippen LogP contribution in [0.1, 0.15) is 18.4 Å². The molecule has 0 spiro atoms. The molecule has 1 saturated heterocycles. The van der Waals surface area contributed by atoms with Crippen LogP contribution in [0.5, 0.6) is 0 Å². The van der Waals surface area contributed by atoms with E-state index in [1.807, 2.05) is 47.4 Å². The molecule has 3 rings (SSSR count). The summed E-state index contributed by atoms with van der Waals surface area (Å²) >= 11 is 0. The molecule has 1 aliphatic heterocycles. The van der Waals surface area contributed by atoms with Crippen LogP contribution in [-0.4, -0.2) is 41.0 Å². The lowest BCUT2D eigenvalue weighted by Gasteiger charge is -2.12. The number of nitrogens with zero attached hydrogens (tertiary/aromatic N) is 2. The lowest BCUT2D eigenvalue weighted by molar-refractivity contribution is -0.131.